The smallest absolute Gasteiger partial charge is 0.254 e. The number of amides is 1. The minimum Gasteiger partial charge on any atom is -0.483 e. The molecule has 1 saturated heterocycles. The van der Waals surface area contributed by atoms with Crippen LogP contribution in [0, 0.1) is 6.92 Å². The fourth-order valence-electron chi connectivity index (χ4n) is 5.41. The summed E-state index contributed by atoms with van der Waals surface area (Å²) in [5, 5.41) is 5.35. The Morgan fingerprint density at radius 1 is 1.03 bits per heavy atom. The van der Waals surface area contributed by atoms with Gasteiger partial charge in [-0.25, -0.2) is 4.98 Å². The van der Waals surface area contributed by atoms with E-state index in [1.807, 2.05) is 74.3 Å². The lowest BCUT2D eigenvalue weighted by Crippen LogP contribution is -2.52. The number of carbonyl (C=O) groups is 2. The Balaban J connectivity index is 1.26. The molecule has 4 aromatic rings. The SMILES string of the molecule is Cc1ccc(-c2cc(C(=O)N3CCC4(CC3)CC(=O)c3nn(C(C)(C)C)cc3O4)c3ccccc3n2)cc1. The van der Waals surface area contributed by atoms with Crippen molar-refractivity contribution >= 4 is 22.6 Å². The highest BCUT2D eigenvalue weighted by Gasteiger charge is 2.45. The molecule has 2 aliphatic rings. The van der Waals surface area contributed by atoms with Gasteiger partial charge in [0.2, 0.25) is 0 Å². The molecule has 0 N–H and O–H groups in total. The molecule has 6 rings (SSSR count). The number of benzene rings is 2. The van der Waals surface area contributed by atoms with Crippen LogP contribution in [0.2, 0.25) is 0 Å². The number of ether oxygens (including phenoxy) is 1. The predicted octanol–water partition coefficient (Wildman–Crippen LogP) is 5.80. The number of Topliss-reactive ketones (excluding diaryl/α,β-unsaturated/α-hetero) is 1. The Labute approximate surface area is 222 Å². The molecule has 1 spiro atoms. The number of aryl methyl sites for hydroxylation is 1. The molecular weight excluding hydrogens is 476 g/mol. The second kappa shape index (κ2) is 8.79. The number of fused-ring (bicyclic) bond motifs is 2. The fourth-order valence-corrected chi connectivity index (χ4v) is 5.41. The molecule has 38 heavy (non-hydrogen) atoms. The number of pyridine rings is 1. The minimum absolute atomic E-state index is 0.0110. The summed E-state index contributed by atoms with van der Waals surface area (Å²) >= 11 is 0. The van der Waals surface area contributed by atoms with Crippen LogP contribution in [0.4, 0.5) is 0 Å². The Kier molecular flexibility index (Phi) is 5.63. The fraction of sp³-hybridized carbons (Fsp3) is 0.355. The Morgan fingerprint density at radius 2 is 1.74 bits per heavy atom. The molecule has 0 unspecified atom stereocenters. The molecule has 194 valence electrons. The van der Waals surface area contributed by atoms with Crippen LogP contribution in [-0.2, 0) is 5.54 Å². The summed E-state index contributed by atoms with van der Waals surface area (Å²) in [6, 6.07) is 17.9. The lowest BCUT2D eigenvalue weighted by atomic mass is 9.83. The van der Waals surface area contributed by atoms with Crippen LogP contribution < -0.4 is 4.74 Å². The molecule has 1 amide bonds. The quantitative estimate of drug-likeness (QED) is 0.342. The third-order valence-corrected chi connectivity index (χ3v) is 7.70. The van der Waals surface area contributed by atoms with Crippen molar-refractivity contribution in [2.75, 3.05) is 13.1 Å². The molecule has 1 fully saturated rings. The van der Waals surface area contributed by atoms with Crippen molar-refractivity contribution in [1.82, 2.24) is 19.7 Å². The maximum atomic E-state index is 13.9. The largest absolute Gasteiger partial charge is 0.483 e. The van der Waals surface area contributed by atoms with Gasteiger partial charge >= 0.3 is 0 Å². The maximum Gasteiger partial charge on any atom is 0.254 e. The van der Waals surface area contributed by atoms with Crippen molar-refractivity contribution in [2.45, 2.75) is 58.1 Å². The molecule has 7 heteroatoms. The molecule has 0 bridgehead atoms. The summed E-state index contributed by atoms with van der Waals surface area (Å²) in [7, 11) is 0. The van der Waals surface area contributed by atoms with Gasteiger partial charge in [0, 0.05) is 36.9 Å². The summed E-state index contributed by atoms with van der Waals surface area (Å²) in [5.41, 5.74) is 3.96. The van der Waals surface area contributed by atoms with Crippen molar-refractivity contribution in [2.24, 2.45) is 0 Å². The highest BCUT2D eigenvalue weighted by molar-refractivity contribution is 6.07. The first-order valence-electron chi connectivity index (χ1n) is 13.2. The Bertz CT molecular complexity index is 1550. The van der Waals surface area contributed by atoms with Crippen molar-refractivity contribution in [3.63, 3.8) is 0 Å². The van der Waals surface area contributed by atoms with E-state index in [2.05, 4.69) is 24.2 Å². The number of hydrogen-bond acceptors (Lipinski definition) is 5. The van der Waals surface area contributed by atoms with Gasteiger partial charge in [0.15, 0.2) is 17.2 Å². The number of para-hydroxylation sites is 1. The van der Waals surface area contributed by atoms with Crippen LogP contribution in [0.5, 0.6) is 5.75 Å². The zero-order valence-electron chi connectivity index (χ0n) is 22.3. The molecule has 2 aromatic carbocycles. The number of ketones is 1. The van der Waals surface area contributed by atoms with Crippen LogP contribution in [0.3, 0.4) is 0 Å². The molecule has 0 saturated carbocycles. The van der Waals surface area contributed by atoms with E-state index >= 15 is 0 Å². The molecular formula is C31H32N4O3. The first-order chi connectivity index (χ1) is 18.1. The van der Waals surface area contributed by atoms with E-state index in [0.717, 1.165) is 22.2 Å². The molecule has 4 heterocycles. The minimum atomic E-state index is -0.597. The number of aromatic nitrogens is 3. The van der Waals surface area contributed by atoms with E-state index in [4.69, 9.17) is 9.72 Å². The van der Waals surface area contributed by atoms with E-state index in [-0.39, 0.29) is 17.2 Å². The van der Waals surface area contributed by atoms with Crippen LogP contribution in [0.1, 0.15) is 66.4 Å². The number of hydrogen-bond donors (Lipinski definition) is 0. The first kappa shape index (κ1) is 24.3. The van der Waals surface area contributed by atoms with Crippen LogP contribution in [0.15, 0.2) is 60.8 Å². The second-order valence-corrected chi connectivity index (χ2v) is 11.6. The van der Waals surface area contributed by atoms with Gasteiger partial charge in [-0.2, -0.15) is 5.10 Å². The third kappa shape index (κ3) is 4.26. The summed E-state index contributed by atoms with van der Waals surface area (Å²) in [4.78, 5) is 33.6. The standard InChI is InChI=1S/C31H32N4O3/c1-20-9-11-21(12-10-20)25-17-23(22-7-5-6-8-24(22)32-25)29(37)34-15-13-31(14-16-34)18-26(36)28-27(38-31)19-35(33-28)30(2,3)4/h5-12,17,19H,13-16,18H2,1-4H3. The van der Waals surface area contributed by atoms with Gasteiger partial charge in [0.05, 0.1) is 34.9 Å². The van der Waals surface area contributed by atoms with E-state index in [1.54, 1.807) is 4.68 Å². The summed E-state index contributed by atoms with van der Waals surface area (Å²) in [6.07, 6.45) is 3.32. The monoisotopic (exact) mass is 508 g/mol. The number of carbonyl (C=O) groups excluding carboxylic acids is 2. The average molecular weight is 509 g/mol. The first-order valence-corrected chi connectivity index (χ1v) is 13.2. The van der Waals surface area contributed by atoms with Crippen molar-refractivity contribution < 1.29 is 14.3 Å². The molecule has 2 aromatic heterocycles. The maximum absolute atomic E-state index is 13.9. The lowest BCUT2D eigenvalue weighted by Gasteiger charge is -2.43. The summed E-state index contributed by atoms with van der Waals surface area (Å²) in [6.45, 7) is 9.22. The van der Waals surface area contributed by atoms with E-state index in [1.165, 1.54) is 5.56 Å². The number of piperidine rings is 1. The van der Waals surface area contributed by atoms with Crippen molar-refractivity contribution in [1.29, 1.82) is 0 Å². The van der Waals surface area contributed by atoms with Gasteiger partial charge in [-0.15, -0.1) is 0 Å². The predicted molar refractivity (Wildman–Crippen MR) is 147 cm³/mol. The molecule has 0 radical (unpaired) electrons. The number of nitrogens with zero attached hydrogens (tertiary/aromatic N) is 4. The van der Waals surface area contributed by atoms with Crippen molar-refractivity contribution in [3.8, 4) is 17.0 Å². The topological polar surface area (TPSA) is 77.3 Å². The van der Waals surface area contributed by atoms with Gasteiger partial charge < -0.3 is 9.64 Å². The van der Waals surface area contributed by atoms with E-state index < -0.39 is 5.60 Å². The zero-order chi connectivity index (χ0) is 26.7. The molecule has 7 nitrogen and oxygen atoms in total. The Hall–Kier alpha value is -4.00. The molecule has 0 atom stereocenters. The molecule has 0 aliphatic carbocycles. The number of likely N-dealkylation sites (tertiary alicyclic amines) is 1. The highest BCUT2D eigenvalue weighted by Crippen LogP contribution is 2.40. The van der Waals surface area contributed by atoms with Gasteiger partial charge in [0.25, 0.3) is 5.91 Å². The normalized spacial score (nSPS) is 16.9. The van der Waals surface area contributed by atoms with E-state index in [0.29, 0.717) is 49.4 Å². The van der Waals surface area contributed by atoms with Crippen LogP contribution in [0.25, 0.3) is 22.2 Å². The summed E-state index contributed by atoms with van der Waals surface area (Å²) in [5.74, 6) is 0.547. The third-order valence-electron chi connectivity index (χ3n) is 7.70. The van der Waals surface area contributed by atoms with E-state index in [9.17, 15) is 9.59 Å². The van der Waals surface area contributed by atoms with Gasteiger partial charge in [-0.3, -0.25) is 14.3 Å². The van der Waals surface area contributed by atoms with Crippen molar-refractivity contribution in [3.05, 3.63) is 77.6 Å². The van der Waals surface area contributed by atoms with Crippen LogP contribution >= 0.6 is 0 Å². The average Bonchev–Trinajstić information content (AvgIpc) is 3.34. The van der Waals surface area contributed by atoms with Gasteiger partial charge in [0.1, 0.15) is 5.60 Å². The highest BCUT2D eigenvalue weighted by atomic mass is 16.5. The number of rotatable bonds is 2. The molecule has 2 aliphatic heterocycles. The lowest BCUT2D eigenvalue weighted by molar-refractivity contribution is -0.00581. The van der Waals surface area contributed by atoms with Gasteiger partial charge in [-0.1, -0.05) is 48.0 Å². The zero-order valence-corrected chi connectivity index (χ0v) is 22.3. The van der Waals surface area contributed by atoms with Gasteiger partial charge in [-0.05, 0) is 39.8 Å². The Morgan fingerprint density at radius 3 is 2.45 bits per heavy atom. The second-order valence-electron chi connectivity index (χ2n) is 11.6. The summed E-state index contributed by atoms with van der Waals surface area (Å²) < 4.78 is 8.24. The van der Waals surface area contributed by atoms with Crippen LogP contribution in [-0.4, -0.2) is 50.0 Å².